The van der Waals surface area contributed by atoms with Crippen LogP contribution >= 0.6 is 0 Å². The number of aromatic nitrogens is 6. The lowest BCUT2D eigenvalue weighted by Crippen LogP contribution is -2.49. The Morgan fingerprint density at radius 2 is 1.89 bits per heavy atom. The van der Waals surface area contributed by atoms with Crippen molar-refractivity contribution in [3.63, 3.8) is 0 Å². The number of methoxy groups -OCH3 is 1. The molecule has 2 fully saturated rings. The van der Waals surface area contributed by atoms with Gasteiger partial charge in [-0.15, -0.1) is 11.7 Å². The zero-order valence-electron chi connectivity index (χ0n) is 26.5. The monoisotopic (exact) mass is 637 g/mol. The number of piperidine rings is 2. The van der Waals surface area contributed by atoms with Gasteiger partial charge in [-0.2, -0.15) is 4.98 Å². The molecule has 2 saturated heterocycles. The van der Waals surface area contributed by atoms with Crippen molar-refractivity contribution in [2.75, 3.05) is 38.6 Å². The Bertz CT molecular complexity index is 1770. The zero-order chi connectivity index (χ0) is 32.6. The molecule has 1 aliphatic carbocycles. The summed E-state index contributed by atoms with van der Waals surface area (Å²) < 4.78 is 37.5. The van der Waals surface area contributed by atoms with Gasteiger partial charge in [0.15, 0.2) is 11.5 Å². The second kappa shape index (κ2) is 12.8. The SMILES string of the molecule is C=CCn1c(=O)c2cnc(NC3C=C(OC)C(N4CCC(N5CCC(F)(F)CC5)CC4)=CC3)nc2n1-c1ccc(=O)n(C(C)C)n1. The molecule has 3 aromatic rings. The molecule has 1 N–H and O–H groups in total. The van der Waals surface area contributed by atoms with Crippen LogP contribution in [0.1, 0.15) is 52.0 Å². The van der Waals surface area contributed by atoms with E-state index in [-0.39, 0.29) is 42.6 Å². The minimum absolute atomic E-state index is 0.0534. The number of anilines is 1. The second-order valence-electron chi connectivity index (χ2n) is 12.4. The molecular weight excluding hydrogens is 596 g/mol. The summed E-state index contributed by atoms with van der Waals surface area (Å²) in [5, 5.41) is 8.21. The smallest absolute Gasteiger partial charge is 0.278 e. The third-order valence-corrected chi connectivity index (χ3v) is 9.05. The summed E-state index contributed by atoms with van der Waals surface area (Å²) in [6, 6.07) is 2.99. The fourth-order valence-corrected chi connectivity index (χ4v) is 6.60. The molecule has 0 radical (unpaired) electrons. The van der Waals surface area contributed by atoms with Gasteiger partial charge in [0.25, 0.3) is 17.0 Å². The summed E-state index contributed by atoms with van der Waals surface area (Å²) in [5.41, 5.74) is 0.852. The summed E-state index contributed by atoms with van der Waals surface area (Å²) in [4.78, 5) is 39.5. The van der Waals surface area contributed by atoms with Gasteiger partial charge in [-0.1, -0.05) is 12.2 Å². The largest absolute Gasteiger partial charge is 0.495 e. The van der Waals surface area contributed by atoms with Crippen LogP contribution < -0.4 is 16.4 Å². The van der Waals surface area contributed by atoms with Gasteiger partial charge in [0.1, 0.15) is 11.1 Å². The molecule has 14 heteroatoms. The fraction of sp³-hybridized carbons (Fsp3) is 0.531. The number of alkyl halides is 2. The number of likely N-dealkylation sites (tertiary alicyclic amines) is 2. The van der Waals surface area contributed by atoms with E-state index in [0.717, 1.165) is 37.4 Å². The molecule has 6 rings (SSSR count). The Hall–Kier alpha value is -4.33. The first kappa shape index (κ1) is 31.6. The van der Waals surface area contributed by atoms with E-state index >= 15 is 0 Å². The zero-order valence-corrected chi connectivity index (χ0v) is 26.5. The normalized spacial score (nSPS) is 20.9. The molecule has 1 atom stereocenters. The van der Waals surface area contributed by atoms with Gasteiger partial charge >= 0.3 is 0 Å². The van der Waals surface area contributed by atoms with Crippen molar-refractivity contribution in [2.24, 2.45) is 0 Å². The van der Waals surface area contributed by atoms with Crippen molar-refractivity contribution < 1.29 is 13.5 Å². The highest BCUT2D eigenvalue weighted by Gasteiger charge is 2.37. The molecule has 246 valence electrons. The van der Waals surface area contributed by atoms with Crippen LogP contribution in [0, 0.1) is 0 Å². The molecule has 3 aliphatic rings. The van der Waals surface area contributed by atoms with Crippen LogP contribution in [0.15, 0.2) is 64.2 Å². The van der Waals surface area contributed by atoms with Gasteiger partial charge < -0.3 is 15.0 Å². The Morgan fingerprint density at radius 1 is 1.15 bits per heavy atom. The van der Waals surface area contributed by atoms with Gasteiger partial charge in [-0.25, -0.2) is 27.8 Å². The van der Waals surface area contributed by atoms with Crippen LogP contribution in [-0.4, -0.2) is 90.2 Å². The quantitative estimate of drug-likeness (QED) is 0.351. The molecule has 0 saturated carbocycles. The van der Waals surface area contributed by atoms with Crippen molar-refractivity contribution in [1.29, 1.82) is 0 Å². The Balaban J connectivity index is 1.20. The summed E-state index contributed by atoms with van der Waals surface area (Å²) in [6.07, 6.45) is 9.67. The maximum atomic E-state index is 13.6. The van der Waals surface area contributed by atoms with Gasteiger partial charge in [-0.05, 0) is 45.3 Å². The van der Waals surface area contributed by atoms with E-state index in [1.54, 1.807) is 23.9 Å². The minimum Gasteiger partial charge on any atom is -0.495 e. The number of nitrogens with one attached hydrogen (secondary N) is 1. The number of allylic oxidation sites excluding steroid dienone is 1. The van der Waals surface area contributed by atoms with Gasteiger partial charge in [0.05, 0.1) is 31.4 Å². The molecule has 0 spiro atoms. The highest BCUT2D eigenvalue weighted by Crippen LogP contribution is 2.32. The van der Waals surface area contributed by atoms with E-state index in [4.69, 9.17) is 9.72 Å². The van der Waals surface area contributed by atoms with Crippen LogP contribution in [-0.2, 0) is 11.3 Å². The number of hydrogen-bond donors (Lipinski definition) is 1. The molecule has 12 nitrogen and oxygen atoms in total. The Kier molecular flexibility index (Phi) is 8.82. The third kappa shape index (κ3) is 6.22. The summed E-state index contributed by atoms with van der Waals surface area (Å²) in [7, 11) is 1.65. The predicted octanol–water partition coefficient (Wildman–Crippen LogP) is 3.70. The van der Waals surface area contributed by atoms with E-state index in [2.05, 4.69) is 37.9 Å². The van der Waals surface area contributed by atoms with Crippen LogP contribution in [0.2, 0.25) is 0 Å². The number of halogens is 2. The first-order valence-electron chi connectivity index (χ1n) is 15.9. The standard InChI is InChI=1S/C32H41F2N9O3/c1-5-14-41-30(45)24-20-35-31(37-29(24)43(41)27-8-9-28(44)42(38-27)21(2)3)36-22-6-7-25(26(19-22)46-4)40-15-10-23(11-16-40)39-17-12-32(33,34)13-18-39/h5,7-9,19-23H,1,6,10-18H2,2-4H3,(H,35,36,37). The van der Waals surface area contributed by atoms with Crippen LogP contribution in [0.5, 0.6) is 0 Å². The van der Waals surface area contributed by atoms with Crippen molar-refractivity contribution in [1.82, 2.24) is 38.9 Å². The van der Waals surface area contributed by atoms with Crippen molar-refractivity contribution in [2.45, 2.75) is 76.5 Å². The molecule has 1 unspecified atom stereocenters. The first-order valence-corrected chi connectivity index (χ1v) is 15.9. The number of hydrogen-bond acceptors (Lipinski definition) is 9. The highest BCUT2D eigenvalue weighted by molar-refractivity contribution is 5.76. The topological polar surface area (TPSA) is 115 Å². The molecule has 2 aliphatic heterocycles. The Labute approximate surface area is 265 Å². The molecule has 0 amide bonds. The fourth-order valence-electron chi connectivity index (χ4n) is 6.60. The lowest BCUT2D eigenvalue weighted by Gasteiger charge is -2.43. The van der Waals surface area contributed by atoms with Crippen molar-refractivity contribution in [3.05, 3.63) is 75.3 Å². The predicted molar refractivity (Wildman–Crippen MR) is 171 cm³/mol. The van der Waals surface area contributed by atoms with Crippen LogP contribution in [0.25, 0.3) is 16.9 Å². The molecule has 0 bridgehead atoms. The average molecular weight is 638 g/mol. The lowest BCUT2D eigenvalue weighted by molar-refractivity contribution is -0.0669. The maximum absolute atomic E-state index is 13.6. The molecule has 5 heterocycles. The number of rotatable bonds is 9. The van der Waals surface area contributed by atoms with Gasteiger partial charge in [0.2, 0.25) is 5.95 Å². The van der Waals surface area contributed by atoms with E-state index in [0.29, 0.717) is 48.4 Å². The summed E-state index contributed by atoms with van der Waals surface area (Å²) >= 11 is 0. The van der Waals surface area contributed by atoms with E-state index < -0.39 is 5.92 Å². The van der Waals surface area contributed by atoms with Crippen molar-refractivity contribution in [3.8, 4) is 5.82 Å². The Morgan fingerprint density at radius 3 is 2.57 bits per heavy atom. The van der Waals surface area contributed by atoms with Crippen LogP contribution in [0.4, 0.5) is 14.7 Å². The molecule has 3 aromatic heterocycles. The number of nitrogens with zero attached hydrogens (tertiary/aromatic N) is 8. The lowest BCUT2D eigenvalue weighted by atomic mass is 9.97. The van der Waals surface area contributed by atoms with E-state index in [9.17, 15) is 18.4 Å². The second-order valence-corrected chi connectivity index (χ2v) is 12.4. The molecule has 46 heavy (non-hydrogen) atoms. The van der Waals surface area contributed by atoms with E-state index in [1.807, 2.05) is 19.9 Å². The summed E-state index contributed by atoms with van der Waals surface area (Å²) in [6.45, 7) is 10.3. The van der Waals surface area contributed by atoms with Gasteiger partial charge in [-0.3, -0.25) is 14.5 Å². The minimum atomic E-state index is -2.53. The summed E-state index contributed by atoms with van der Waals surface area (Å²) in [5.74, 6) is -1.08. The molecule has 0 aromatic carbocycles. The number of ether oxygens (including phenoxy) is 1. The molecular formula is C32H41F2N9O3. The van der Waals surface area contributed by atoms with Crippen molar-refractivity contribution >= 4 is 17.0 Å². The third-order valence-electron chi connectivity index (χ3n) is 9.05. The van der Waals surface area contributed by atoms with Crippen LogP contribution in [0.3, 0.4) is 0 Å². The maximum Gasteiger partial charge on any atom is 0.278 e. The first-order chi connectivity index (χ1) is 22.1. The highest BCUT2D eigenvalue weighted by atomic mass is 19.3. The number of fused-ring (bicyclic) bond motifs is 1. The van der Waals surface area contributed by atoms with Gasteiger partial charge in [0, 0.05) is 57.3 Å². The average Bonchev–Trinajstić information content (AvgIpc) is 3.31. The van der Waals surface area contributed by atoms with E-state index in [1.165, 1.54) is 21.6 Å².